The van der Waals surface area contributed by atoms with Crippen LogP contribution in [0.4, 0.5) is 5.69 Å². The molecule has 0 unspecified atom stereocenters. The Balaban J connectivity index is 1.96. The van der Waals surface area contributed by atoms with Crippen LogP contribution in [0.3, 0.4) is 0 Å². The second kappa shape index (κ2) is 9.08. The molecular weight excluding hydrogens is 326 g/mol. The normalized spacial score (nSPS) is 10.1. The summed E-state index contributed by atoms with van der Waals surface area (Å²) in [6, 6.07) is 13.0. The molecule has 0 heterocycles. The minimum absolute atomic E-state index is 0.0954. The molecule has 6 heteroatoms. The van der Waals surface area contributed by atoms with Gasteiger partial charge in [-0.1, -0.05) is 12.1 Å². The number of carbonyl (C=O) groups excluding carboxylic acids is 1. The van der Waals surface area contributed by atoms with Crippen molar-refractivity contribution < 1.29 is 19.0 Å². The van der Waals surface area contributed by atoms with E-state index >= 15 is 0 Å². The molecule has 0 radical (unpaired) electrons. The van der Waals surface area contributed by atoms with E-state index in [9.17, 15) is 4.79 Å². The summed E-state index contributed by atoms with van der Waals surface area (Å²) in [6.07, 6.45) is 0. The Morgan fingerprint density at radius 2 is 1.79 bits per heavy atom. The summed E-state index contributed by atoms with van der Waals surface area (Å²) < 4.78 is 16.0. The van der Waals surface area contributed by atoms with Gasteiger partial charge in [-0.2, -0.15) is 0 Å². The first kappa shape index (κ1) is 18.0. The fourth-order valence-corrected chi connectivity index (χ4v) is 2.82. The number of hydrogen-bond donors (Lipinski definition) is 1. The number of thioether (sulfide) groups is 1. The molecule has 1 amide bonds. The van der Waals surface area contributed by atoms with Crippen LogP contribution in [0.25, 0.3) is 0 Å². The van der Waals surface area contributed by atoms with Crippen molar-refractivity contribution in [3.8, 4) is 17.2 Å². The van der Waals surface area contributed by atoms with Crippen LogP contribution in [-0.2, 0) is 4.79 Å². The third-order valence-corrected chi connectivity index (χ3v) is 4.18. The number of hydrogen-bond acceptors (Lipinski definition) is 5. The van der Waals surface area contributed by atoms with Crippen LogP contribution in [-0.4, -0.2) is 32.5 Å². The van der Waals surface area contributed by atoms with E-state index in [1.807, 2.05) is 49.4 Å². The maximum Gasteiger partial charge on any atom is 0.234 e. The van der Waals surface area contributed by atoms with E-state index in [0.29, 0.717) is 29.5 Å². The number of anilines is 1. The number of rotatable bonds is 8. The van der Waals surface area contributed by atoms with Gasteiger partial charge in [-0.15, -0.1) is 11.8 Å². The van der Waals surface area contributed by atoms with Crippen molar-refractivity contribution in [1.29, 1.82) is 0 Å². The summed E-state index contributed by atoms with van der Waals surface area (Å²) in [7, 11) is 3.18. The van der Waals surface area contributed by atoms with Crippen molar-refractivity contribution in [3.05, 3.63) is 42.5 Å². The Morgan fingerprint density at radius 3 is 2.50 bits per heavy atom. The third kappa shape index (κ3) is 4.83. The Hall–Kier alpha value is -2.34. The molecule has 0 bridgehead atoms. The van der Waals surface area contributed by atoms with Crippen molar-refractivity contribution >= 4 is 23.4 Å². The van der Waals surface area contributed by atoms with Gasteiger partial charge in [0.2, 0.25) is 5.91 Å². The SMILES string of the molecule is CCOc1ccccc1NC(=O)CSc1ccc(OC)c(OC)c1. The Bertz CT molecular complexity index is 690. The van der Waals surface area contributed by atoms with Gasteiger partial charge in [0.15, 0.2) is 11.5 Å². The highest BCUT2D eigenvalue weighted by molar-refractivity contribution is 8.00. The molecule has 2 aromatic rings. The summed E-state index contributed by atoms with van der Waals surface area (Å²) in [5.74, 6) is 2.17. The van der Waals surface area contributed by atoms with Crippen LogP contribution >= 0.6 is 11.8 Å². The first-order chi connectivity index (χ1) is 11.7. The molecule has 5 nitrogen and oxygen atoms in total. The van der Waals surface area contributed by atoms with Gasteiger partial charge in [-0.25, -0.2) is 0 Å². The summed E-state index contributed by atoms with van der Waals surface area (Å²) in [5.41, 5.74) is 0.678. The van der Waals surface area contributed by atoms with Crippen LogP contribution in [0.15, 0.2) is 47.4 Å². The quantitative estimate of drug-likeness (QED) is 0.736. The van der Waals surface area contributed by atoms with E-state index in [0.717, 1.165) is 4.90 Å². The summed E-state index contributed by atoms with van der Waals surface area (Å²) in [5, 5.41) is 2.88. The lowest BCUT2D eigenvalue weighted by Gasteiger charge is -2.11. The fraction of sp³-hybridized carbons (Fsp3) is 0.278. The first-order valence-corrected chi connectivity index (χ1v) is 8.53. The summed E-state index contributed by atoms with van der Waals surface area (Å²) >= 11 is 1.43. The first-order valence-electron chi connectivity index (χ1n) is 7.54. The molecule has 0 saturated heterocycles. The largest absolute Gasteiger partial charge is 0.493 e. The lowest BCUT2D eigenvalue weighted by Crippen LogP contribution is -2.14. The van der Waals surface area contributed by atoms with Gasteiger partial charge in [0, 0.05) is 4.90 Å². The molecule has 0 aromatic heterocycles. The number of carbonyl (C=O) groups is 1. The molecule has 0 aliphatic rings. The highest BCUT2D eigenvalue weighted by Gasteiger charge is 2.10. The number of para-hydroxylation sites is 2. The van der Waals surface area contributed by atoms with Crippen LogP contribution in [0.5, 0.6) is 17.2 Å². The van der Waals surface area contributed by atoms with Crippen LogP contribution in [0, 0.1) is 0 Å². The third-order valence-electron chi connectivity index (χ3n) is 3.19. The van der Waals surface area contributed by atoms with Gasteiger partial charge < -0.3 is 19.5 Å². The minimum atomic E-state index is -0.0954. The maximum atomic E-state index is 12.2. The van der Waals surface area contributed by atoms with Gasteiger partial charge in [0.1, 0.15) is 5.75 Å². The van der Waals surface area contributed by atoms with Gasteiger partial charge in [0.05, 0.1) is 32.3 Å². The second-order valence-electron chi connectivity index (χ2n) is 4.78. The average Bonchev–Trinajstić information content (AvgIpc) is 2.61. The molecule has 0 fully saturated rings. The monoisotopic (exact) mass is 347 g/mol. The van der Waals surface area contributed by atoms with Gasteiger partial charge in [-0.3, -0.25) is 4.79 Å². The smallest absolute Gasteiger partial charge is 0.234 e. The number of benzene rings is 2. The molecule has 0 spiro atoms. The molecule has 0 atom stereocenters. The zero-order valence-corrected chi connectivity index (χ0v) is 14.8. The number of ether oxygens (including phenoxy) is 3. The lowest BCUT2D eigenvalue weighted by atomic mass is 10.3. The van der Waals surface area contributed by atoms with Crippen LogP contribution in [0.2, 0.25) is 0 Å². The average molecular weight is 347 g/mol. The predicted molar refractivity (Wildman–Crippen MR) is 96.5 cm³/mol. The van der Waals surface area contributed by atoms with Crippen LogP contribution < -0.4 is 19.5 Å². The fourth-order valence-electron chi connectivity index (χ4n) is 2.09. The number of amides is 1. The molecule has 2 rings (SSSR count). The number of methoxy groups -OCH3 is 2. The molecule has 0 aliphatic carbocycles. The Morgan fingerprint density at radius 1 is 1.04 bits per heavy atom. The predicted octanol–water partition coefficient (Wildman–Crippen LogP) is 3.83. The van der Waals surface area contributed by atoms with Crippen molar-refractivity contribution in [2.45, 2.75) is 11.8 Å². The lowest BCUT2D eigenvalue weighted by molar-refractivity contribution is -0.113. The van der Waals surface area contributed by atoms with E-state index in [4.69, 9.17) is 14.2 Å². The standard InChI is InChI=1S/C18H21NO4S/c1-4-23-15-8-6-5-7-14(15)19-18(20)12-24-13-9-10-16(21-2)17(11-13)22-3/h5-11H,4,12H2,1-3H3,(H,19,20). The maximum absolute atomic E-state index is 12.2. The molecule has 0 saturated carbocycles. The van der Waals surface area contributed by atoms with E-state index in [1.165, 1.54) is 11.8 Å². The highest BCUT2D eigenvalue weighted by atomic mass is 32.2. The van der Waals surface area contributed by atoms with E-state index < -0.39 is 0 Å². The molecule has 128 valence electrons. The van der Waals surface area contributed by atoms with Gasteiger partial charge >= 0.3 is 0 Å². The number of nitrogens with one attached hydrogen (secondary N) is 1. The molecule has 24 heavy (non-hydrogen) atoms. The zero-order chi connectivity index (χ0) is 17.4. The summed E-state index contributed by atoms with van der Waals surface area (Å²) in [6.45, 7) is 2.46. The minimum Gasteiger partial charge on any atom is -0.493 e. The van der Waals surface area contributed by atoms with E-state index in [2.05, 4.69) is 5.32 Å². The van der Waals surface area contributed by atoms with E-state index in [-0.39, 0.29) is 11.7 Å². The topological polar surface area (TPSA) is 56.8 Å². The molecule has 1 N–H and O–H groups in total. The Kier molecular flexibility index (Phi) is 6.81. The summed E-state index contributed by atoms with van der Waals surface area (Å²) in [4.78, 5) is 13.1. The van der Waals surface area contributed by atoms with Crippen molar-refractivity contribution in [3.63, 3.8) is 0 Å². The zero-order valence-electron chi connectivity index (χ0n) is 14.0. The molecule has 2 aromatic carbocycles. The van der Waals surface area contributed by atoms with Gasteiger partial charge in [0.25, 0.3) is 0 Å². The Labute approximate surface area is 146 Å². The van der Waals surface area contributed by atoms with Crippen molar-refractivity contribution in [2.24, 2.45) is 0 Å². The van der Waals surface area contributed by atoms with Gasteiger partial charge in [-0.05, 0) is 37.3 Å². The van der Waals surface area contributed by atoms with Crippen molar-refractivity contribution in [2.75, 3.05) is 31.9 Å². The molecule has 0 aliphatic heterocycles. The van der Waals surface area contributed by atoms with E-state index in [1.54, 1.807) is 14.2 Å². The molecular formula is C18H21NO4S. The second-order valence-corrected chi connectivity index (χ2v) is 5.83. The van der Waals surface area contributed by atoms with Crippen LogP contribution in [0.1, 0.15) is 6.92 Å². The van der Waals surface area contributed by atoms with Crippen molar-refractivity contribution in [1.82, 2.24) is 0 Å². The highest BCUT2D eigenvalue weighted by Crippen LogP contribution is 2.32.